The van der Waals surface area contributed by atoms with Crippen molar-refractivity contribution in [1.29, 1.82) is 5.26 Å². The van der Waals surface area contributed by atoms with Crippen molar-refractivity contribution in [1.82, 2.24) is 24.3 Å². The molecule has 0 saturated carbocycles. The smallest absolute Gasteiger partial charge is 0.234 e. The highest BCUT2D eigenvalue weighted by molar-refractivity contribution is 5.67. The monoisotopic (exact) mass is 358 g/mol. The van der Waals surface area contributed by atoms with Crippen LogP contribution in [0.4, 0.5) is 4.39 Å². The van der Waals surface area contributed by atoms with E-state index in [9.17, 15) is 9.65 Å². The number of fused-ring (bicyclic) bond motifs is 1. The second kappa shape index (κ2) is 6.25. The van der Waals surface area contributed by atoms with Crippen molar-refractivity contribution in [3.05, 3.63) is 66.2 Å². The molecule has 0 aliphatic rings. The van der Waals surface area contributed by atoms with Gasteiger partial charge in [-0.2, -0.15) is 5.26 Å². The summed E-state index contributed by atoms with van der Waals surface area (Å²) in [7, 11) is 0. The van der Waals surface area contributed by atoms with E-state index in [4.69, 9.17) is 0 Å². The molecule has 0 saturated heterocycles. The molecule has 6 nitrogen and oxygen atoms in total. The number of nitrogens with zero attached hydrogens (tertiary/aromatic N) is 6. The zero-order valence-electron chi connectivity index (χ0n) is 14.8. The fourth-order valence-corrected chi connectivity index (χ4v) is 2.80. The molecule has 0 radical (unpaired) electrons. The minimum absolute atomic E-state index is 0.318. The maximum Gasteiger partial charge on any atom is 0.234 e. The van der Waals surface area contributed by atoms with Gasteiger partial charge >= 0.3 is 0 Å². The number of rotatable bonds is 3. The van der Waals surface area contributed by atoms with Gasteiger partial charge in [0.2, 0.25) is 5.78 Å². The number of benzene rings is 1. The molecule has 0 fully saturated rings. The van der Waals surface area contributed by atoms with Gasteiger partial charge in [0.05, 0.1) is 34.9 Å². The highest BCUT2D eigenvalue weighted by atomic mass is 19.1. The normalized spacial score (nSPS) is 11.5. The van der Waals surface area contributed by atoms with E-state index in [0.717, 1.165) is 0 Å². The van der Waals surface area contributed by atoms with Crippen LogP contribution in [0.2, 0.25) is 0 Å². The molecule has 0 spiro atoms. The standard InChI is InChI=1S/C20H15FN6/c1-20(2,21)17-8-10-27-16(12-24-19(27)26-17)15-7-9-23-18(25-15)14-6-4-3-5-13(14)11-22/h3-10,12H,1-2H3. The second-order valence-corrected chi connectivity index (χ2v) is 6.52. The summed E-state index contributed by atoms with van der Waals surface area (Å²) in [5, 5.41) is 9.31. The Balaban J connectivity index is 1.82. The Morgan fingerprint density at radius 2 is 1.89 bits per heavy atom. The number of nitriles is 1. The summed E-state index contributed by atoms with van der Waals surface area (Å²) in [6, 6.07) is 12.7. The molecule has 0 atom stereocenters. The molecule has 1 aromatic carbocycles. The van der Waals surface area contributed by atoms with Gasteiger partial charge < -0.3 is 0 Å². The molecule has 0 unspecified atom stereocenters. The van der Waals surface area contributed by atoms with Crippen LogP contribution in [-0.4, -0.2) is 24.3 Å². The predicted octanol–water partition coefficient (Wildman–Crippen LogP) is 3.93. The van der Waals surface area contributed by atoms with Crippen LogP contribution in [0.1, 0.15) is 25.1 Å². The Morgan fingerprint density at radius 3 is 2.67 bits per heavy atom. The molecule has 4 rings (SSSR count). The van der Waals surface area contributed by atoms with Crippen molar-refractivity contribution in [2.75, 3.05) is 0 Å². The third-order valence-electron chi connectivity index (χ3n) is 4.19. The summed E-state index contributed by atoms with van der Waals surface area (Å²) in [6.45, 7) is 2.91. The van der Waals surface area contributed by atoms with Crippen LogP contribution in [0.25, 0.3) is 28.6 Å². The van der Waals surface area contributed by atoms with Crippen molar-refractivity contribution in [3.63, 3.8) is 0 Å². The first-order chi connectivity index (χ1) is 13.0. The fourth-order valence-electron chi connectivity index (χ4n) is 2.80. The summed E-state index contributed by atoms with van der Waals surface area (Å²) >= 11 is 0. The summed E-state index contributed by atoms with van der Waals surface area (Å²) in [5.74, 6) is 0.847. The SMILES string of the molecule is CC(C)(F)c1ccn2c(-c3ccnc(-c4ccccc4C#N)n3)cnc2n1. The zero-order chi connectivity index (χ0) is 19.0. The number of hydrogen-bond acceptors (Lipinski definition) is 5. The first-order valence-corrected chi connectivity index (χ1v) is 8.34. The summed E-state index contributed by atoms with van der Waals surface area (Å²) < 4.78 is 15.9. The Kier molecular flexibility index (Phi) is 3.89. The van der Waals surface area contributed by atoms with Gasteiger partial charge in [0, 0.05) is 18.0 Å². The van der Waals surface area contributed by atoms with Gasteiger partial charge in [-0.05, 0) is 38.1 Å². The lowest BCUT2D eigenvalue weighted by molar-refractivity contribution is 0.214. The average Bonchev–Trinajstić information content (AvgIpc) is 3.10. The third-order valence-corrected chi connectivity index (χ3v) is 4.19. The molecule has 3 aromatic heterocycles. The third kappa shape index (κ3) is 3.02. The summed E-state index contributed by atoms with van der Waals surface area (Å²) in [6.07, 6.45) is 5.00. The predicted molar refractivity (Wildman–Crippen MR) is 98.3 cm³/mol. The highest BCUT2D eigenvalue weighted by Crippen LogP contribution is 2.26. The van der Waals surface area contributed by atoms with E-state index < -0.39 is 5.67 Å². The van der Waals surface area contributed by atoms with Crippen molar-refractivity contribution in [3.8, 4) is 28.8 Å². The first kappa shape index (κ1) is 16.8. The molecule has 0 aliphatic heterocycles. The van der Waals surface area contributed by atoms with Crippen molar-refractivity contribution in [2.45, 2.75) is 19.5 Å². The second-order valence-electron chi connectivity index (χ2n) is 6.52. The summed E-state index contributed by atoms with van der Waals surface area (Å²) in [5.41, 5.74) is 1.28. The largest absolute Gasteiger partial charge is 0.282 e. The van der Waals surface area contributed by atoms with Crippen LogP contribution in [0.5, 0.6) is 0 Å². The molecule has 0 amide bonds. The fraction of sp³-hybridized carbons (Fsp3) is 0.150. The Morgan fingerprint density at radius 1 is 1.07 bits per heavy atom. The van der Waals surface area contributed by atoms with Crippen molar-refractivity contribution >= 4 is 5.78 Å². The van der Waals surface area contributed by atoms with Gasteiger partial charge in [0.15, 0.2) is 5.82 Å². The number of hydrogen-bond donors (Lipinski definition) is 0. The molecule has 4 aromatic rings. The van der Waals surface area contributed by atoms with Crippen LogP contribution in [0.3, 0.4) is 0 Å². The van der Waals surface area contributed by atoms with E-state index in [-0.39, 0.29) is 0 Å². The van der Waals surface area contributed by atoms with Gasteiger partial charge in [0.25, 0.3) is 0 Å². The molecule has 7 heteroatoms. The van der Waals surface area contributed by atoms with Crippen LogP contribution in [0.15, 0.2) is 55.0 Å². The topological polar surface area (TPSA) is 79.8 Å². The van der Waals surface area contributed by atoms with E-state index >= 15 is 0 Å². The average molecular weight is 358 g/mol. The Bertz CT molecular complexity index is 1180. The Hall–Kier alpha value is -3.66. The lowest BCUT2D eigenvalue weighted by Crippen LogP contribution is -2.12. The van der Waals surface area contributed by atoms with Crippen LogP contribution < -0.4 is 0 Å². The molecule has 132 valence electrons. The highest BCUT2D eigenvalue weighted by Gasteiger charge is 2.22. The quantitative estimate of drug-likeness (QED) is 0.554. The molecule has 0 aliphatic carbocycles. The number of halogens is 1. The van der Waals surface area contributed by atoms with Crippen LogP contribution in [-0.2, 0) is 5.67 Å². The lowest BCUT2D eigenvalue weighted by atomic mass is 10.1. The molecule has 0 N–H and O–H groups in total. The number of aromatic nitrogens is 5. The Labute approximate surface area is 155 Å². The van der Waals surface area contributed by atoms with E-state index in [2.05, 4.69) is 26.0 Å². The van der Waals surface area contributed by atoms with E-state index in [1.807, 2.05) is 12.1 Å². The van der Waals surface area contributed by atoms with Gasteiger partial charge in [0.1, 0.15) is 5.67 Å². The number of alkyl halides is 1. The van der Waals surface area contributed by atoms with Gasteiger partial charge in [-0.25, -0.2) is 24.3 Å². The van der Waals surface area contributed by atoms with E-state index in [0.29, 0.717) is 39.8 Å². The molecule has 3 heterocycles. The van der Waals surface area contributed by atoms with Crippen molar-refractivity contribution in [2.24, 2.45) is 0 Å². The van der Waals surface area contributed by atoms with Gasteiger partial charge in [-0.3, -0.25) is 4.40 Å². The molecular formula is C20H15FN6. The molecular weight excluding hydrogens is 343 g/mol. The molecule has 0 bridgehead atoms. The lowest BCUT2D eigenvalue weighted by Gasteiger charge is -2.13. The van der Waals surface area contributed by atoms with Gasteiger partial charge in [-0.1, -0.05) is 12.1 Å². The van der Waals surface area contributed by atoms with E-state index in [1.165, 1.54) is 13.8 Å². The minimum Gasteiger partial charge on any atom is -0.282 e. The van der Waals surface area contributed by atoms with E-state index in [1.54, 1.807) is 47.3 Å². The van der Waals surface area contributed by atoms with Gasteiger partial charge in [-0.15, -0.1) is 0 Å². The molecule has 27 heavy (non-hydrogen) atoms. The zero-order valence-corrected chi connectivity index (χ0v) is 14.8. The summed E-state index contributed by atoms with van der Waals surface area (Å²) in [4.78, 5) is 17.5. The first-order valence-electron chi connectivity index (χ1n) is 8.34. The maximum absolute atomic E-state index is 14.1. The van der Waals surface area contributed by atoms with Crippen LogP contribution in [0, 0.1) is 11.3 Å². The van der Waals surface area contributed by atoms with Crippen LogP contribution >= 0.6 is 0 Å². The van der Waals surface area contributed by atoms with Crippen molar-refractivity contribution < 1.29 is 4.39 Å². The number of imidazole rings is 1. The maximum atomic E-state index is 14.1. The minimum atomic E-state index is -1.54.